The third-order valence-electron chi connectivity index (χ3n) is 1.09. The van der Waals surface area contributed by atoms with E-state index >= 15 is 0 Å². The maximum atomic E-state index is 10.1. The van der Waals surface area contributed by atoms with Crippen molar-refractivity contribution in [3.05, 3.63) is 0 Å². The van der Waals surface area contributed by atoms with Gasteiger partial charge in [0.1, 0.15) is 6.04 Å². The van der Waals surface area contributed by atoms with Crippen LogP contribution in [-0.2, 0) is 0 Å². The molecule has 0 bridgehead atoms. The van der Waals surface area contributed by atoms with Crippen molar-refractivity contribution in [1.82, 2.24) is 0 Å². The molecular weight excluding hydrogens is 124 g/mol. The van der Waals surface area contributed by atoms with Gasteiger partial charge in [0.25, 0.3) is 0 Å². The van der Waals surface area contributed by atoms with Gasteiger partial charge in [-0.1, -0.05) is 0 Å². The van der Waals surface area contributed by atoms with Crippen molar-refractivity contribution >= 4 is 6.09 Å². The first-order chi connectivity index (χ1) is 3.89. The number of carboxylic acid groups (broad SMARTS) is 1. The van der Waals surface area contributed by atoms with Crippen molar-refractivity contribution in [2.24, 2.45) is 5.84 Å². The second-order valence-electron chi connectivity index (χ2n) is 2.11. The van der Waals surface area contributed by atoms with Gasteiger partial charge in [-0.15, -0.1) is 5.84 Å². The van der Waals surface area contributed by atoms with E-state index in [9.17, 15) is 4.79 Å². The van der Waals surface area contributed by atoms with Crippen LogP contribution in [-0.4, -0.2) is 27.2 Å². The van der Waals surface area contributed by atoms with Crippen LogP contribution in [0.4, 0.5) is 4.79 Å². The van der Waals surface area contributed by atoms with Crippen molar-refractivity contribution in [3.8, 4) is 0 Å². The number of amides is 1. The Hall–Kier alpha value is -0.650. The highest BCUT2D eigenvalue weighted by Crippen LogP contribution is 2.00. The molecule has 1 amide bonds. The number of nitrogens with two attached hydrogens (primary N) is 1. The lowest BCUT2D eigenvalue weighted by atomic mass is 10.4. The zero-order chi connectivity index (χ0) is 7.65. The molecule has 0 spiro atoms. The molecule has 9 heavy (non-hydrogen) atoms. The van der Waals surface area contributed by atoms with Crippen LogP contribution >= 0.6 is 0 Å². The molecule has 1 atom stereocenters. The van der Waals surface area contributed by atoms with E-state index in [1.165, 1.54) is 13.8 Å². The highest BCUT2D eigenvalue weighted by molar-refractivity contribution is 5.55. The minimum Gasteiger partial charge on any atom is -0.432 e. The van der Waals surface area contributed by atoms with E-state index < -0.39 is 16.9 Å². The zero-order valence-corrected chi connectivity index (χ0v) is 5.40. The molecule has 0 aliphatic rings. The predicted molar refractivity (Wildman–Crippen MR) is 29.4 cm³/mol. The monoisotopic (exact) mass is 135 g/mol. The molecule has 5 heteroatoms. The second kappa shape index (κ2) is 2.30. The van der Waals surface area contributed by atoms with Crippen LogP contribution in [0.15, 0.2) is 0 Å². The predicted octanol–water partition coefficient (Wildman–Crippen LogP) is 0.153. The summed E-state index contributed by atoms with van der Waals surface area (Å²) in [5.41, 5.74) is 0. The summed E-state index contributed by atoms with van der Waals surface area (Å²) < 4.78 is -1.47. The smallest absolute Gasteiger partial charge is 0.432 e. The number of hydrogen-bond acceptors (Lipinski definition) is 3. The molecular formula is C4H11N2O3+. The average molecular weight is 135 g/mol. The standard InChI is InChI=1S/C4H10N2O3/c1-3(2)6(5,9)4(7)8/h3,9H,5H2,1-2H3/p+1. The highest BCUT2D eigenvalue weighted by atomic mass is 16.6. The summed E-state index contributed by atoms with van der Waals surface area (Å²) in [6.07, 6.45) is -1.45. The quantitative estimate of drug-likeness (QED) is 0.157. The van der Waals surface area contributed by atoms with Gasteiger partial charge in [0.15, 0.2) is 0 Å². The zero-order valence-electron chi connectivity index (χ0n) is 5.40. The van der Waals surface area contributed by atoms with Gasteiger partial charge in [-0.2, -0.15) is 10.0 Å². The van der Waals surface area contributed by atoms with E-state index in [2.05, 4.69) is 0 Å². The maximum Gasteiger partial charge on any atom is 0.567 e. The molecule has 0 aromatic rings. The summed E-state index contributed by atoms with van der Waals surface area (Å²) in [7, 11) is 0. The van der Waals surface area contributed by atoms with E-state index in [0.717, 1.165) is 0 Å². The van der Waals surface area contributed by atoms with E-state index in [1.807, 2.05) is 0 Å². The molecule has 0 rings (SSSR count). The molecule has 0 aliphatic carbocycles. The average Bonchev–Trinajstić information content (AvgIpc) is 1.65. The fraction of sp³-hybridized carbons (Fsp3) is 0.750. The van der Waals surface area contributed by atoms with Crippen LogP contribution in [0.25, 0.3) is 0 Å². The Morgan fingerprint density at radius 2 is 2.00 bits per heavy atom. The van der Waals surface area contributed by atoms with Crippen LogP contribution in [0, 0.1) is 0 Å². The molecule has 0 aromatic heterocycles. The molecule has 0 heterocycles. The molecule has 1 unspecified atom stereocenters. The van der Waals surface area contributed by atoms with Crippen LogP contribution in [0.5, 0.6) is 0 Å². The number of hydroxylamine groups is 2. The van der Waals surface area contributed by atoms with Gasteiger partial charge in [0.05, 0.1) is 0 Å². The minimum absolute atomic E-state index is 0.539. The third-order valence-corrected chi connectivity index (χ3v) is 1.09. The summed E-state index contributed by atoms with van der Waals surface area (Å²) in [6.45, 7) is 3.02. The summed E-state index contributed by atoms with van der Waals surface area (Å²) in [5, 5.41) is 17.0. The van der Waals surface area contributed by atoms with Crippen molar-refractivity contribution in [2.75, 3.05) is 0 Å². The van der Waals surface area contributed by atoms with Gasteiger partial charge in [-0.25, -0.2) is 0 Å². The Balaban J connectivity index is 4.19. The first-order valence-corrected chi connectivity index (χ1v) is 2.52. The van der Waals surface area contributed by atoms with Crippen LogP contribution in [0.2, 0.25) is 0 Å². The molecule has 0 aromatic carbocycles. The van der Waals surface area contributed by atoms with Gasteiger partial charge in [-0.3, -0.25) is 0 Å². The van der Waals surface area contributed by atoms with E-state index in [1.54, 1.807) is 0 Å². The topological polar surface area (TPSA) is 83.5 Å². The number of hydrogen-bond donors (Lipinski definition) is 3. The van der Waals surface area contributed by atoms with Crippen molar-refractivity contribution in [2.45, 2.75) is 19.9 Å². The lowest BCUT2D eigenvalue weighted by molar-refractivity contribution is -1.07. The van der Waals surface area contributed by atoms with Crippen LogP contribution < -0.4 is 5.84 Å². The molecule has 0 aliphatic heterocycles. The van der Waals surface area contributed by atoms with Crippen molar-refractivity contribution < 1.29 is 19.9 Å². The van der Waals surface area contributed by atoms with Gasteiger partial charge in [0, 0.05) is 0 Å². The van der Waals surface area contributed by atoms with Crippen molar-refractivity contribution in [1.29, 1.82) is 0 Å². The van der Waals surface area contributed by atoms with Gasteiger partial charge in [0.2, 0.25) is 0 Å². The Kier molecular flexibility index (Phi) is 2.13. The summed E-state index contributed by atoms with van der Waals surface area (Å²) in [4.78, 5) is 10.1. The highest BCUT2D eigenvalue weighted by Gasteiger charge is 2.35. The molecule has 4 N–H and O–H groups in total. The van der Waals surface area contributed by atoms with Crippen LogP contribution in [0.3, 0.4) is 0 Å². The molecule has 0 radical (unpaired) electrons. The molecule has 0 fully saturated rings. The Morgan fingerprint density at radius 1 is 1.67 bits per heavy atom. The lowest BCUT2D eigenvalue weighted by Gasteiger charge is -2.20. The molecule has 0 saturated heterocycles. The van der Waals surface area contributed by atoms with Gasteiger partial charge in [-0.05, 0) is 18.6 Å². The Morgan fingerprint density at radius 3 is 2.00 bits per heavy atom. The van der Waals surface area contributed by atoms with Gasteiger partial charge < -0.3 is 5.11 Å². The second-order valence-corrected chi connectivity index (χ2v) is 2.11. The van der Waals surface area contributed by atoms with E-state index in [0.29, 0.717) is 0 Å². The fourth-order valence-corrected chi connectivity index (χ4v) is 0.221. The van der Waals surface area contributed by atoms with Crippen LogP contribution in [0.1, 0.15) is 13.8 Å². The lowest BCUT2D eigenvalue weighted by Crippen LogP contribution is -2.59. The molecule has 0 saturated carbocycles. The van der Waals surface area contributed by atoms with Crippen molar-refractivity contribution in [3.63, 3.8) is 0 Å². The fourth-order valence-electron chi connectivity index (χ4n) is 0.221. The number of nitrogens with zero attached hydrogens (tertiary/aromatic N) is 1. The largest absolute Gasteiger partial charge is 0.567 e. The summed E-state index contributed by atoms with van der Waals surface area (Å²) >= 11 is 0. The number of rotatable bonds is 1. The normalized spacial score (nSPS) is 17.4. The molecule has 54 valence electrons. The van der Waals surface area contributed by atoms with E-state index in [4.69, 9.17) is 16.2 Å². The molecule has 5 nitrogen and oxygen atoms in total. The maximum absolute atomic E-state index is 10.1. The SMILES string of the molecule is CC(C)[N+](N)(O)C(=O)O. The van der Waals surface area contributed by atoms with E-state index in [-0.39, 0.29) is 0 Å². The number of carbonyl (C=O) groups is 1. The van der Waals surface area contributed by atoms with Gasteiger partial charge >= 0.3 is 6.09 Å². The first kappa shape index (κ1) is 8.35. The minimum atomic E-state index is -1.47. The summed E-state index contributed by atoms with van der Waals surface area (Å²) in [6, 6.07) is -0.539. The third kappa shape index (κ3) is 1.63. The number of quaternary nitrogens is 1. The Bertz CT molecular complexity index is 121. The first-order valence-electron chi connectivity index (χ1n) is 2.52. The Labute approximate surface area is 52.8 Å². The summed E-state index contributed by atoms with van der Waals surface area (Å²) in [5.74, 6) is 4.90.